The van der Waals surface area contributed by atoms with Crippen LogP contribution in [-0.4, -0.2) is 25.2 Å². The van der Waals surface area contributed by atoms with Gasteiger partial charge in [0, 0.05) is 30.7 Å². The highest BCUT2D eigenvalue weighted by Gasteiger charge is 2.20. The van der Waals surface area contributed by atoms with E-state index < -0.39 is 20.9 Å². The molecule has 0 aliphatic heterocycles. The zero-order valence-corrected chi connectivity index (χ0v) is 18.3. The molecule has 3 N–H and O–H groups in total. The molecule has 0 radical (unpaired) electrons. The summed E-state index contributed by atoms with van der Waals surface area (Å²) in [5, 5.41) is 16.8. The van der Waals surface area contributed by atoms with Crippen LogP contribution in [0.3, 0.4) is 0 Å². The van der Waals surface area contributed by atoms with Crippen molar-refractivity contribution in [2.45, 2.75) is 18.4 Å². The minimum Gasteiger partial charge on any atom is -0.379 e. The minimum absolute atomic E-state index is 0.00803. The molecular formula is C22H20N4O6S. The number of amides is 2. The van der Waals surface area contributed by atoms with E-state index in [0.717, 1.165) is 0 Å². The summed E-state index contributed by atoms with van der Waals surface area (Å²) in [6.45, 7) is 1.33. The number of nitrogens with one attached hydrogen (secondary N) is 3. The van der Waals surface area contributed by atoms with E-state index in [9.17, 15) is 28.1 Å². The van der Waals surface area contributed by atoms with Crippen LogP contribution in [0.4, 0.5) is 17.1 Å². The molecule has 0 aromatic heterocycles. The fourth-order valence-electron chi connectivity index (χ4n) is 3.00. The van der Waals surface area contributed by atoms with Crippen molar-refractivity contribution in [1.29, 1.82) is 0 Å². The summed E-state index contributed by atoms with van der Waals surface area (Å²) in [4.78, 5) is 34.9. The minimum atomic E-state index is -4.08. The summed E-state index contributed by atoms with van der Waals surface area (Å²) in [5.41, 5.74) is 0.914. The molecule has 3 aromatic rings. The van der Waals surface area contributed by atoms with Crippen LogP contribution in [-0.2, 0) is 21.4 Å². The molecule has 10 nitrogen and oxygen atoms in total. The van der Waals surface area contributed by atoms with Gasteiger partial charge in [0.25, 0.3) is 21.6 Å². The molecule has 0 spiro atoms. The highest BCUT2D eigenvalue weighted by molar-refractivity contribution is 7.90. The van der Waals surface area contributed by atoms with Crippen LogP contribution in [0, 0.1) is 10.1 Å². The van der Waals surface area contributed by atoms with E-state index in [-0.39, 0.29) is 34.3 Å². The first kappa shape index (κ1) is 23.4. The number of hydrogen-bond donors (Lipinski definition) is 3. The van der Waals surface area contributed by atoms with Crippen molar-refractivity contribution in [1.82, 2.24) is 4.72 Å². The predicted octanol–water partition coefficient (Wildman–Crippen LogP) is 3.28. The van der Waals surface area contributed by atoms with Crippen LogP contribution in [0.25, 0.3) is 0 Å². The Balaban J connectivity index is 1.88. The number of nitro groups is 1. The molecular weight excluding hydrogens is 448 g/mol. The molecule has 11 heteroatoms. The van der Waals surface area contributed by atoms with E-state index >= 15 is 0 Å². The van der Waals surface area contributed by atoms with Gasteiger partial charge in [0.15, 0.2) is 0 Å². The number of carbonyl (C=O) groups is 2. The molecule has 0 aliphatic rings. The number of hydrogen-bond acceptors (Lipinski definition) is 7. The molecule has 0 aliphatic carbocycles. The Hall–Kier alpha value is -4.25. The number of anilines is 2. The summed E-state index contributed by atoms with van der Waals surface area (Å²) < 4.78 is 26.9. The smallest absolute Gasteiger partial charge is 0.274 e. The van der Waals surface area contributed by atoms with Gasteiger partial charge in [0.2, 0.25) is 5.91 Å². The second-order valence-corrected chi connectivity index (χ2v) is 8.61. The monoisotopic (exact) mass is 468 g/mol. The standard InChI is InChI=1S/C22H20N4O6S/c1-15(27)24-19-12-11-16(22(28)25-33(31,32)18-8-3-2-4-9-18)13-20(19)23-14-17-7-5-6-10-21(17)26(29)30/h2-13,23H,14H2,1H3,(H,24,27)(H,25,28). The van der Waals surface area contributed by atoms with Crippen LogP contribution < -0.4 is 15.4 Å². The van der Waals surface area contributed by atoms with Gasteiger partial charge >= 0.3 is 0 Å². The first-order valence-electron chi connectivity index (χ1n) is 9.67. The van der Waals surface area contributed by atoms with E-state index in [0.29, 0.717) is 11.3 Å². The quantitative estimate of drug-likeness (QED) is 0.339. The number of rotatable bonds is 8. The van der Waals surface area contributed by atoms with Gasteiger partial charge in [-0.25, -0.2) is 13.1 Å². The number of carbonyl (C=O) groups excluding carboxylic acids is 2. The number of sulfonamides is 1. The zero-order valence-electron chi connectivity index (χ0n) is 17.4. The van der Waals surface area contributed by atoms with Crippen LogP contribution >= 0.6 is 0 Å². The lowest BCUT2D eigenvalue weighted by molar-refractivity contribution is -0.385. The maximum atomic E-state index is 12.6. The maximum absolute atomic E-state index is 12.6. The molecule has 0 atom stereocenters. The first-order chi connectivity index (χ1) is 15.7. The number of nitrogens with zero attached hydrogens (tertiary/aromatic N) is 1. The molecule has 170 valence electrons. The highest BCUT2D eigenvalue weighted by atomic mass is 32.2. The maximum Gasteiger partial charge on any atom is 0.274 e. The van der Waals surface area contributed by atoms with E-state index in [1.54, 1.807) is 24.3 Å². The lowest BCUT2D eigenvalue weighted by Crippen LogP contribution is -2.30. The number of benzene rings is 3. The van der Waals surface area contributed by atoms with E-state index in [2.05, 4.69) is 10.6 Å². The average Bonchev–Trinajstić information content (AvgIpc) is 2.78. The lowest BCUT2D eigenvalue weighted by Gasteiger charge is -2.15. The Kier molecular flexibility index (Phi) is 7.04. The van der Waals surface area contributed by atoms with Gasteiger partial charge in [0.1, 0.15) is 0 Å². The fourth-order valence-corrected chi connectivity index (χ4v) is 3.99. The zero-order chi connectivity index (χ0) is 24.0. The first-order valence-corrected chi connectivity index (χ1v) is 11.2. The molecule has 0 fully saturated rings. The third-order valence-electron chi connectivity index (χ3n) is 4.53. The SMILES string of the molecule is CC(=O)Nc1ccc(C(=O)NS(=O)(=O)c2ccccc2)cc1NCc1ccccc1[N+](=O)[O-]. The Morgan fingerprint density at radius 1 is 0.939 bits per heavy atom. The third kappa shape index (κ3) is 5.92. The van der Waals surface area contributed by atoms with Crippen molar-refractivity contribution in [3.63, 3.8) is 0 Å². The van der Waals surface area contributed by atoms with Gasteiger partial charge in [-0.3, -0.25) is 19.7 Å². The number of para-hydroxylation sites is 1. The van der Waals surface area contributed by atoms with E-state index in [4.69, 9.17) is 0 Å². The van der Waals surface area contributed by atoms with Crippen molar-refractivity contribution in [2.75, 3.05) is 10.6 Å². The van der Waals surface area contributed by atoms with Crippen molar-refractivity contribution >= 4 is 38.9 Å². The van der Waals surface area contributed by atoms with Crippen LogP contribution in [0.15, 0.2) is 77.7 Å². The summed E-state index contributed by atoms with van der Waals surface area (Å²) in [6, 6.07) is 17.7. The van der Waals surface area contributed by atoms with Crippen molar-refractivity contribution < 1.29 is 22.9 Å². The van der Waals surface area contributed by atoms with Crippen LogP contribution in [0.2, 0.25) is 0 Å². The van der Waals surface area contributed by atoms with Gasteiger partial charge in [-0.1, -0.05) is 36.4 Å². The fraction of sp³-hybridized carbons (Fsp3) is 0.0909. The van der Waals surface area contributed by atoms with Gasteiger partial charge in [-0.15, -0.1) is 0 Å². The van der Waals surface area contributed by atoms with Gasteiger partial charge < -0.3 is 10.6 Å². The van der Waals surface area contributed by atoms with Gasteiger partial charge in [-0.05, 0) is 30.3 Å². The predicted molar refractivity (Wildman–Crippen MR) is 122 cm³/mol. The molecule has 3 rings (SSSR count). The highest BCUT2D eigenvalue weighted by Crippen LogP contribution is 2.26. The second kappa shape index (κ2) is 9.92. The van der Waals surface area contributed by atoms with E-state index in [1.807, 2.05) is 4.72 Å². The van der Waals surface area contributed by atoms with E-state index in [1.165, 1.54) is 55.5 Å². The lowest BCUT2D eigenvalue weighted by atomic mass is 10.1. The Morgan fingerprint density at radius 3 is 2.27 bits per heavy atom. The molecule has 0 heterocycles. The summed E-state index contributed by atoms with van der Waals surface area (Å²) in [7, 11) is -4.08. The largest absolute Gasteiger partial charge is 0.379 e. The molecule has 0 saturated carbocycles. The molecule has 3 aromatic carbocycles. The van der Waals surface area contributed by atoms with Crippen molar-refractivity contribution in [2.24, 2.45) is 0 Å². The Bertz CT molecular complexity index is 1310. The second-order valence-electron chi connectivity index (χ2n) is 6.93. The molecule has 0 bridgehead atoms. The average molecular weight is 468 g/mol. The summed E-state index contributed by atoms with van der Waals surface area (Å²) in [5.74, 6) is -1.24. The van der Waals surface area contributed by atoms with Crippen LogP contribution in [0.5, 0.6) is 0 Å². The molecule has 2 amide bonds. The normalized spacial score (nSPS) is 10.8. The van der Waals surface area contributed by atoms with Crippen molar-refractivity contribution in [3.8, 4) is 0 Å². The molecule has 0 saturated heterocycles. The molecule has 33 heavy (non-hydrogen) atoms. The van der Waals surface area contributed by atoms with Crippen molar-refractivity contribution in [3.05, 3.63) is 94.0 Å². The summed E-state index contributed by atoms with van der Waals surface area (Å²) >= 11 is 0. The van der Waals surface area contributed by atoms with Gasteiger partial charge in [-0.2, -0.15) is 0 Å². The van der Waals surface area contributed by atoms with Crippen LogP contribution in [0.1, 0.15) is 22.8 Å². The molecule has 0 unspecified atom stereocenters. The number of nitro benzene ring substituents is 1. The third-order valence-corrected chi connectivity index (χ3v) is 5.88. The Labute approximate surface area is 189 Å². The topological polar surface area (TPSA) is 148 Å². The van der Waals surface area contributed by atoms with Gasteiger partial charge in [0.05, 0.1) is 21.2 Å². The summed E-state index contributed by atoms with van der Waals surface area (Å²) in [6.07, 6.45) is 0. The Morgan fingerprint density at radius 2 is 1.61 bits per heavy atom.